The Morgan fingerprint density at radius 3 is 2.68 bits per heavy atom. The van der Waals surface area contributed by atoms with E-state index in [0.29, 0.717) is 18.0 Å². The highest BCUT2D eigenvalue weighted by Crippen LogP contribution is 2.32. The molecule has 1 fully saturated rings. The molecule has 1 heterocycles. The Balaban J connectivity index is 2.41. The van der Waals surface area contributed by atoms with Gasteiger partial charge in [-0.3, -0.25) is 0 Å². The van der Waals surface area contributed by atoms with Gasteiger partial charge in [0.25, 0.3) is 0 Å². The van der Waals surface area contributed by atoms with Crippen molar-refractivity contribution in [1.29, 1.82) is 0 Å². The molecule has 19 heavy (non-hydrogen) atoms. The number of sulfonamides is 1. The second-order valence-electron chi connectivity index (χ2n) is 5.11. The van der Waals surface area contributed by atoms with Crippen molar-refractivity contribution in [3.63, 3.8) is 0 Å². The summed E-state index contributed by atoms with van der Waals surface area (Å²) in [5.74, 6) is 0. The van der Waals surface area contributed by atoms with Gasteiger partial charge in [-0.2, -0.15) is 0 Å². The molecule has 0 aliphatic carbocycles. The molecule has 2 rings (SSSR count). The highest BCUT2D eigenvalue weighted by Gasteiger charge is 2.37. The number of anilines is 2. The molecule has 106 valence electrons. The van der Waals surface area contributed by atoms with E-state index in [2.05, 4.69) is 5.32 Å². The highest BCUT2D eigenvalue weighted by atomic mass is 32.2. The van der Waals surface area contributed by atoms with Gasteiger partial charge in [0.2, 0.25) is 10.0 Å². The molecule has 0 radical (unpaired) electrons. The molecule has 1 saturated heterocycles. The van der Waals surface area contributed by atoms with Gasteiger partial charge in [0.1, 0.15) is 4.90 Å². The summed E-state index contributed by atoms with van der Waals surface area (Å²) in [6.45, 7) is 4.59. The topological polar surface area (TPSA) is 107 Å². The van der Waals surface area contributed by atoms with Gasteiger partial charge in [-0.25, -0.2) is 13.6 Å². The summed E-state index contributed by atoms with van der Waals surface area (Å²) in [4.78, 5) is 0.00725. The summed E-state index contributed by atoms with van der Waals surface area (Å²) in [7, 11) is -3.83. The van der Waals surface area contributed by atoms with Crippen LogP contribution in [0.4, 0.5) is 11.4 Å². The molecule has 2 unspecified atom stereocenters. The number of nitrogens with one attached hydrogen (secondary N) is 1. The smallest absolute Gasteiger partial charge is 0.240 e. The fourth-order valence-corrected chi connectivity index (χ4v) is 2.91. The molecule has 1 aromatic carbocycles. The standard InChI is InChI=1S/C12H19N3O3S/c1-8-12(2,5-6-18-8)15-10-4-3-9(13)7-11(10)19(14,16)17/h3-4,7-8,15H,5-6,13H2,1-2H3,(H2,14,16,17). The van der Waals surface area contributed by atoms with Crippen molar-refractivity contribution in [3.8, 4) is 0 Å². The molecule has 7 heteroatoms. The Kier molecular flexibility index (Phi) is 3.46. The zero-order valence-electron chi connectivity index (χ0n) is 11.0. The molecule has 2 atom stereocenters. The lowest BCUT2D eigenvalue weighted by molar-refractivity contribution is 0.105. The zero-order chi connectivity index (χ0) is 14.3. The lowest BCUT2D eigenvalue weighted by Gasteiger charge is -2.31. The summed E-state index contributed by atoms with van der Waals surface area (Å²) in [5.41, 5.74) is 6.11. The third-order valence-electron chi connectivity index (χ3n) is 3.62. The van der Waals surface area contributed by atoms with Crippen LogP contribution in [-0.4, -0.2) is 26.7 Å². The van der Waals surface area contributed by atoms with E-state index >= 15 is 0 Å². The maximum atomic E-state index is 11.6. The van der Waals surface area contributed by atoms with Crippen molar-refractivity contribution in [3.05, 3.63) is 18.2 Å². The molecule has 0 aromatic heterocycles. The Hall–Kier alpha value is -1.31. The second kappa shape index (κ2) is 4.66. The Morgan fingerprint density at radius 1 is 1.47 bits per heavy atom. The number of rotatable bonds is 3. The average Bonchev–Trinajstić information content (AvgIpc) is 2.60. The lowest BCUT2D eigenvalue weighted by Crippen LogP contribution is -2.41. The number of nitrogens with two attached hydrogens (primary N) is 2. The predicted molar refractivity (Wildman–Crippen MR) is 74.3 cm³/mol. The first-order valence-corrected chi connectivity index (χ1v) is 7.59. The van der Waals surface area contributed by atoms with Crippen LogP contribution in [0, 0.1) is 0 Å². The van der Waals surface area contributed by atoms with Crippen molar-refractivity contribution in [2.24, 2.45) is 5.14 Å². The summed E-state index contributed by atoms with van der Waals surface area (Å²) in [6, 6.07) is 4.63. The van der Waals surface area contributed by atoms with Gasteiger partial charge >= 0.3 is 0 Å². The van der Waals surface area contributed by atoms with Crippen molar-refractivity contribution in [2.45, 2.75) is 36.8 Å². The van der Waals surface area contributed by atoms with Crippen molar-refractivity contribution in [2.75, 3.05) is 17.7 Å². The molecule has 0 amide bonds. The quantitative estimate of drug-likeness (QED) is 0.715. The molecule has 6 nitrogen and oxygen atoms in total. The van der Waals surface area contributed by atoms with Crippen LogP contribution >= 0.6 is 0 Å². The van der Waals surface area contributed by atoms with Crippen LogP contribution in [0.1, 0.15) is 20.3 Å². The molecular formula is C12H19N3O3S. The summed E-state index contributed by atoms with van der Waals surface area (Å²) >= 11 is 0. The number of hydrogen-bond donors (Lipinski definition) is 3. The van der Waals surface area contributed by atoms with Crippen LogP contribution in [0.3, 0.4) is 0 Å². The highest BCUT2D eigenvalue weighted by molar-refractivity contribution is 7.89. The summed E-state index contributed by atoms with van der Waals surface area (Å²) < 4.78 is 28.8. The van der Waals surface area contributed by atoms with Crippen LogP contribution in [-0.2, 0) is 14.8 Å². The van der Waals surface area contributed by atoms with Gasteiger partial charge in [0.05, 0.1) is 17.3 Å². The van der Waals surface area contributed by atoms with E-state index in [4.69, 9.17) is 15.6 Å². The summed E-state index contributed by atoms with van der Waals surface area (Å²) in [5, 5.41) is 8.45. The van der Waals surface area contributed by atoms with E-state index < -0.39 is 10.0 Å². The van der Waals surface area contributed by atoms with Crippen LogP contribution in [0.5, 0.6) is 0 Å². The van der Waals surface area contributed by atoms with Crippen molar-refractivity contribution < 1.29 is 13.2 Å². The second-order valence-corrected chi connectivity index (χ2v) is 6.64. The van der Waals surface area contributed by atoms with Crippen LogP contribution in [0.2, 0.25) is 0 Å². The third-order valence-corrected chi connectivity index (χ3v) is 4.57. The van der Waals surface area contributed by atoms with E-state index in [1.54, 1.807) is 12.1 Å². The number of primary sulfonamides is 1. The lowest BCUT2D eigenvalue weighted by atomic mass is 9.94. The van der Waals surface area contributed by atoms with E-state index in [0.717, 1.165) is 6.42 Å². The maximum absolute atomic E-state index is 11.6. The number of nitrogen functional groups attached to an aromatic ring is 1. The van der Waals surface area contributed by atoms with Gasteiger partial charge < -0.3 is 15.8 Å². The van der Waals surface area contributed by atoms with Gasteiger partial charge in [0, 0.05) is 12.3 Å². The number of ether oxygens (including phenoxy) is 1. The molecule has 1 aliphatic heterocycles. The van der Waals surface area contributed by atoms with E-state index in [-0.39, 0.29) is 16.5 Å². The largest absolute Gasteiger partial charge is 0.399 e. The van der Waals surface area contributed by atoms with Crippen LogP contribution in [0.15, 0.2) is 23.1 Å². The fourth-order valence-electron chi connectivity index (χ4n) is 2.18. The van der Waals surface area contributed by atoms with Crippen molar-refractivity contribution in [1.82, 2.24) is 0 Å². The monoisotopic (exact) mass is 285 g/mol. The molecule has 0 bridgehead atoms. The fraction of sp³-hybridized carbons (Fsp3) is 0.500. The molecule has 1 aromatic rings. The van der Waals surface area contributed by atoms with E-state index in [1.807, 2.05) is 13.8 Å². The average molecular weight is 285 g/mol. The summed E-state index contributed by atoms with van der Waals surface area (Å²) in [6.07, 6.45) is 0.779. The minimum Gasteiger partial charge on any atom is -0.399 e. The molecule has 5 N–H and O–H groups in total. The molecule has 1 aliphatic rings. The molecule has 0 saturated carbocycles. The molecule has 0 spiro atoms. The van der Waals surface area contributed by atoms with E-state index in [1.165, 1.54) is 6.07 Å². The van der Waals surface area contributed by atoms with Crippen LogP contribution in [0.25, 0.3) is 0 Å². The Labute approximate surface area is 113 Å². The first-order valence-electron chi connectivity index (χ1n) is 6.04. The first kappa shape index (κ1) is 14.1. The number of benzene rings is 1. The van der Waals surface area contributed by atoms with Gasteiger partial charge in [-0.1, -0.05) is 0 Å². The van der Waals surface area contributed by atoms with Gasteiger partial charge in [-0.15, -0.1) is 0 Å². The normalized spacial score (nSPS) is 27.4. The first-order chi connectivity index (χ1) is 8.72. The maximum Gasteiger partial charge on any atom is 0.240 e. The zero-order valence-corrected chi connectivity index (χ0v) is 11.8. The third kappa shape index (κ3) is 2.83. The predicted octanol–water partition coefficient (Wildman–Crippen LogP) is 0.896. The van der Waals surface area contributed by atoms with Crippen molar-refractivity contribution >= 4 is 21.4 Å². The number of hydrogen-bond acceptors (Lipinski definition) is 5. The SMILES string of the molecule is CC1OCCC1(C)Nc1ccc(N)cc1S(N)(=O)=O. The Morgan fingerprint density at radius 2 is 2.16 bits per heavy atom. The van der Waals surface area contributed by atoms with Crippen LogP contribution < -0.4 is 16.2 Å². The van der Waals surface area contributed by atoms with Gasteiger partial charge in [-0.05, 0) is 38.5 Å². The Bertz CT molecular complexity index is 588. The van der Waals surface area contributed by atoms with Gasteiger partial charge in [0.15, 0.2) is 0 Å². The molecular weight excluding hydrogens is 266 g/mol. The minimum absolute atomic E-state index is 0.00725. The minimum atomic E-state index is -3.83. The van der Waals surface area contributed by atoms with E-state index in [9.17, 15) is 8.42 Å².